The number of hydrogen-bond donors (Lipinski definition) is 2. The van der Waals surface area contributed by atoms with Crippen molar-refractivity contribution in [2.45, 2.75) is 69.8 Å². The van der Waals surface area contributed by atoms with Gasteiger partial charge < -0.3 is 19.6 Å². The third-order valence-corrected chi connectivity index (χ3v) is 7.36. The van der Waals surface area contributed by atoms with Crippen molar-refractivity contribution < 1.29 is 31.3 Å². The zero-order valence-electron chi connectivity index (χ0n) is 21.6. The highest BCUT2D eigenvalue weighted by atomic mass is 32.2. The Labute approximate surface area is 225 Å². The molecular formula is C26H32FN3O6S2. The SMILES string of the molecule is CC(C)(C)OC(=O)NCCCCCCCC(=O)Nc1nc2ccc(OS(=O)(=O)c3ccc(F)cc3)cc2s1. The van der Waals surface area contributed by atoms with Crippen molar-refractivity contribution in [2.75, 3.05) is 11.9 Å². The standard InChI is InChI=1S/C26H32FN3O6S2/c1-26(2,3)35-25(32)28-16-8-6-4-5-7-9-23(31)30-24-29-21-15-12-19(17-22(21)37-24)36-38(33,34)20-13-10-18(27)11-14-20/h10-15,17H,4-9,16H2,1-3H3,(H,28,32)(H,29,30,31). The van der Waals surface area contributed by atoms with E-state index in [0.717, 1.165) is 56.4 Å². The van der Waals surface area contributed by atoms with Crippen LogP contribution in [-0.4, -0.2) is 37.5 Å². The number of nitrogens with one attached hydrogen (secondary N) is 2. The monoisotopic (exact) mass is 565 g/mol. The second-order valence-electron chi connectivity index (χ2n) is 9.63. The van der Waals surface area contributed by atoms with Gasteiger partial charge in [-0.15, -0.1) is 0 Å². The zero-order valence-corrected chi connectivity index (χ0v) is 23.2. The maximum atomic E-state index is 13.1. The molecular weight excluding hydrogens is 533 g/mol. The van der Waals surface area contributed by atoms with Crippen molar-refractivity contribution in [3.8, 4) is 5.75 Å². The molecule has 3 aromatic rings. The third kappa shape index (κ3) is 9.56. The number of fused-ring (bicyclic) bond motifs is 1. The molecule has 0 spiro atoms. The molecule has 3 rings (SSSR count). The number of nitrogens with zero attached hydrogens (tertiary/aromatic N) is 1. The van der Waals surface area contributed by atoms with E-state index in [9.17, 15) is 22.4 Å². The number of thiazole rings is 1. The van der Waals surface area contributed by atoms with E-state index in [2.05, 4.69) is 15.6 Å². The lowest BCUT2D eigenvalue weighted by Gasteiger charge is -2.19. The van der Waals surface area contributed by atoms with E-state index in [0.29, 0.717) is 28.3 Å². The quantitative estimate of drug-likeness (QED) is 0.204. The number of hydrogen-bond acceptors (Lipinski definition) is 8. The van der Waals surface area contributed by atoms with Gasteiger partial charge in [0.15, 0.2) is 5.13 Å². The summed E-state index contributed by atoms with van der Waals surface area (Å²) in [6, 6.07) is 8.96. The van der Waals surface area contributed by atoms with E-state index in [4.69, 9.17) is 8.92 Å². The Morgan fingerprint density at radius 2 is 1.68 bits per heavy atom. The van der Waals surface area contributed by atoms with Crippen LogP contribution < -0.4 is 14.8 Å². The average molecular weight is 566 g/mol. The van der Waals surface area contributed by atoms with Gasteiger partial charge >= 0.3 is 16.2 Å². The minimum atomic E-state index is -4.12. The normalized spacial score (nSPS) is 11.8. The number of benzene rings is 2. The van der Waals surface area contributed by atoms with Gasteiger partial charge in [-0.3, -0.25) is 4.79 Å². The number of ether oxygens (including phenoxy) is 1. The van der Waals surface area contributed by atoms with Gasteiger partial charge in [-0.05, 0) is 70.0 Å². The van der Waals surface area contributed by atoms with E-state index in [1.54, 1.807) is 6.07 Å². The molecule has 2 amide bonds. The second-order valence-corrected chi connectivity index (χ2v) is 12.2. The Morgan fingerprint density at radius 1 is 1.00 bits per heavy atom. The minimum Gasteiger partial charge on any atom is -0.444 e. The Balaban J connectivity index is 1.39. The van der Waals surface area contributed by atoms with Crippen LogP contribution in [0.3, 0.4) is 0 Å². The number of halogens is 1. The molecule has 0 radical (unpaired) electrons. The predicted molar refractivity (Wildman–Crippen MR) is 144 cm³/mol. The molecule has 0 bridgehead atoms. The van der Waals surface area contributed by atoms with Crippen LogP contribution in [0.15, 0.2) is 47.4 Å². The van der Waals surface area contributed by atoms with Gasteiger partial charge in [0.2, 0.25) is 5.91 Å². The first kappa shape index (κ1) is 29.3. The summed E-state index contributed by atoms with van der Waals surface area (Å²) < 4.78 is 49.0. The molecule has 38 heavy (non-hydrogen) atoms. The molecule has 2 N–H and O–H groups in total. The Morgan fingerprint density at radius 3 is 2.39 bits per heavy atom. The maximum Gasteiger partial charge on any atom is 0.407 e. The third-order valence-electron chi connectivity index (χ3n) is 5.16. The smallest absolute Gasteiger partial charge is 0.407 e. The van der Waals surface area contributed by atoms with Gasteiger partial charge in [0, 0.05) is 19.0 Å². The number of alkyl carbamates (subject to hydrolysis) is 1. The molecule has 0 aliphatic rings. The summed E-state index contributed by atoms with van der Waals surface area (Å²) in [5, 5.41) is 5.93. The molecule has 0 unspecified atom stereocenters. The van der Waals surface area contributed by atoms with Crippen LogP contribution in [-0.2, 0) is 19.6 Å². The van der Waals surface area contributed by atoms with Gasteiger partial charge in [0.25, 0.3) is 0 Å². The summed E-state index contributed by atoms with van der Waals surface area (Å²) in [7, 11) is -4.12. The first-order valence-electron chi connectivity index (χ1n) is 12.3. The molecule has 9 nitrogen and oxygen atoms in total. The Hall–Kier alpha value is -3.25. The van der Waals surface area contributed by atoms with Crippen LogP contribution in [0.5, 0.6) is 5.75 Å². The van der Waals surface area contributed by atoms with Crippen molar-refractivity contribution in [3.05, 3.63) is 48.3 Å². The lowest BCUT2D eigenvalue weighted by molar-refractivity contribution is -0.116. The molecule has 12 heteroatoms. The highest BCUT2D eigenvalue weighted by Crippen LogP contribution is 2.30. The number of anilines is 1. The summed E-state index contributed by atoms with van der Waals surface area (Å²) in [6.07, 6.45) is 4.30. The number of aromatic nitrogens is 1. The van der Waals surface area contributed by atoms with Crippen LogP contribution in [0.2, 0.25) is 0 Å². The predicted octanol–water partition coefficient (Wildman–Crippen LogP) is 6.01. The summed E-state index contributed by atoms with van der Waals surface area (Å²) in [4.78, 5) is 28.1. The molecule has 0 saturated carbocycles. The molecule has 1 heterocycles. The van der Waals surface area contributed by atoms with E-state index >= 15 is 0 Å². The van der Waals surface area contributed by atoms with Crippen molar-refractivity contribution in [1.29, 1.82) is 0 Å². The van der Waals surface area contributed by atoms with Crippen molar-refractivity contribution in [2.24, 2.45) is 0 Å². The number of carbonyl (C=O) groups is 2. The van der Waals surface area contributed by atoms with Crippen LogP contribution in [0.1, 0.15) is 59.3 Å². The summed E-state index contributed by atoms with van der Waals surface area (Å²) in [5.41, 5.74) is 0.0831. The molecule has 0 fully saturated rings. The van der Waals surface area contributed by atoms with E-state index in [1.165, 1.54) is 23.5 Å². The first-order chi connectivity index (χ1) is 17.9. The highest BCUT2D eigenvalue weighted by Gasteiger charge is 2.18. The van der Waals surface area contributed by atoms with E-state index in [-0.39, 0.29) is 16.6 Å². The fraction of sp³-hybridized carbons (Fsp3) is 0.423. The van der Waals surface area contributed by atoms with Gasteiger partial charge in [-0.2, -0.15) is 8.42 Å². The molecule has 0 atom stereocenters. The lowest BCUT2D eigenvalue weighted by Crippen LogP contribution is -2.32. The summed E-state index contributed by atoms with van der Waals surface area (Å²) in [5.74, 6) is -0.607. The molecule has 0 saturated heterocycles. The molecule has 206 valence electrons. The molecule has 2 aromatic carbocycles. The van der Waals surface area contributed by atoms with Gasteiger partial charge in [-0.1, -0.05) is 30.6 Å². The van der Waals surface area contributed by atoms with Gasteiger partial charge in [0.05, 0.1) is 10.2 Å². The molecule has 0 aliphatic carbocycles. The van der Waals surface area contributed by atoms with Gasteiger partial charge in [0.1, 0.15) is 22.1 Å². The highest BCUT2D eigenvalue weighted by molar-refractivity contribution is 7.87. The Kier molecular flexibility index (Phi) is 10.0. The summed E-state index contributed by atoms with van der Waals surface area (Å²) in [6.45, 7) is 6.01. The molecule has 0 aliphatic heterocycles. The molecule has 1 aromatic heterocycles. The van der Waals surface area contributed by atoms with Crippen LogP contribution in [0.4, 0.5) is 14.3 Å². The summed E-state index contributed by atoms with van der Waals surface area (Å²) >= 11 is 1.21. The fourth-order valence-corrected chi connectivity index (χ4v) is 5.25. The van der Waals surface area contributed by atoms with E-state index in [1.807, 2.05) is 20.8 Å². The lowest BCUT2D eigenvalue weighted by atomic mass is 10.1. The number of rotatable bonds is 12. The Bertz CT molecular complexity index is 1350. The largest absolute Gasteiger partial charge is 0.444 e. The van der Waals surface area contributed by atoms with Crippen molar-refractivity contribution >= 4 is 48.8 Å². The topological polar surface area (TPSA) is 124 Å². The van der Waals surface area contributed by atoms with Crippen molar-refractivity contribution in [1.82, 2.24) is 10.3 Å². The minimum absolute atomic E-state index is 0.0876. The van der Waals surface area contributed by atoms with Crippen LogP contribution in [0, 0.1) is 5.82 Å². The van der Waals surface area contributed by atoms with Crippen LogP contribution in [0.25, 0.3) is 10.2 Å². The number of carbonyl (C=O) groups excluding carboxylic acids is 2. The van der Waals surface area contributed by atoms with Crippen molar-refractivity contribution in [3.63, 3.8) is 0 Å². The number of unbranched alkanes of at least 4 members (excludes halogenated alkanes) is 4. The van der Waals surface area contributed by atoms with Crippen LogP contribution >= 0.6 is 11.3 Å². The zero-order chi connectivity index (χ0) is 27.8. The first-order valence-corrected chi connectivity index (χ1v) is 14.5. The van der Waals surface area contributed by atoms with Gasteiger partial charge in [-0.25, -0.2) is 14.2 Å². The second kappa shape index (κ2) is 13.0. The average Bonchev–Trinajstić information content (AvgIpc) is 3.21. The van der Waals surface area contributed by atoms with E-state index < -0.39 is 27.6 Å². The maximum absolute atomic E-state index is 13.1. The fourth-order valence-electron chi connectivity index (χ4n) is 3.41. The number of amides is 2.